The first-order chi connectivity index (χ1) is 22.8. The fourth-order valence-corrected chi connectivity index (χ4v) is 7.40. The number of nitrogens with zero attached hydrogens (tertiary/aromatic N) is 3. The average Bonchev–Trinajstić information content (AvgIpc) is 3.46. The number of hydrogen-bond acceptors (Lipinski definition) is 8. The average molecular weight is 788 g/mol. The molecule has 0 unspecified atom stereocenters. The number of rotatable bonds is 13. The Morgan fingerprint density at radius 3 is 2.15 bits per heavy atom. The first kappa shape index (κ1) is 35.8. The molecule has 0 spiro atoms. The maximum absolute atomic E-state index is 14.4. The van der Waals surface area contributed by atoms with E-state index in [-0.39, 0.29) is 17.6 Å². The van der Waals surface area contributed by atoms with Crippen LogP contribution < -0.4 is 9.54 Å². The van der Waals surface area contributed by atoms with Crippen molar-refractivity contribution >= 4 is 42.5 Å². The van der Waals surface area contributed by atoms with E-state index < -0.39 is 32.6 Å². The molecule has 0 amide bonds. The minimum Gasteiger partial charge on any atom is -0.457 e. The fraction of sp³-hybridized carbons (Fsp3) is 0.133. The number of para-hydroxylation sites is 1. The molecule has 0 radical (unpaired) electrons. The van der Waals surface area contributed by atoms with Gasteiger partial charge in [0.1, 0.15) is 16.5 Å². The van der Waals surface area contributed by atoms with Crippen molar-refractivity contribution in [3.05, 3.63) is 129 Å². The largest absolute Gasteiger partial charge is 0.457 e. The highest BCUT2D eigenvalue weighted by Gasteiger charge is 2.51. The number of halogens is 5. The van der Waals surface area contributed by atoms with E-state index in [9.17, 15) is 36.7 Å². The van der Waals surface area contributed by atoms with E-state index in [4.69, 9.17) is 9.84 Å². The summed E-state index contributed by atoms with van der Waals surface area (Å²) in [6.45, 7) is 0.184. The van der Waals surface area contributed by atoms with Gasteiger partial charge in [-0.2, -0.15) is 13.9 Å². The van der Waals surface area contributed by atoms with Crippen molar-refractivity contribution in [3.63, 3.8) is 0 Å². The second-order valence-electron chi connectivity index (χ2n) is 10.2. The van der Waals surface area contributed by atoms with Crippen LogP contribution in [0, 0.1) is 0 Å². The molecule has 5 aromatic rings. The highest BCUT2D eigenvalue weighted by Crippen LogP contribution is 2.60. The second kappa shape index (κ2) is 15.0. The van der Waals surface area contributed by atoms with Crippen LogP contribution in [0.2, 0.25) is 0 Å². The molecule has 0 bridgehead atoms. The summed E-state index contributed by atoms with van der Waals surface area (Å²) in [6.07, 6.45) is -0.628. The van der Waals surface area contributed by atoms with Crippen LogP contribution in [0.1, 0.15) is 22.3 Å². The fourth-order valence-electron chi connectivity index (χ4n) is 4.39. The van der Waals surface area contributed by atoms with Crippen molar-refractivity contribution in [1.29, 1.82) is 0 Å². The van der Waals surface area contributed by atoms with Crippen LogP contribution in [0.15, 0.2) is 107 Å². The monoisotopic (exact) mass is 787 g/mol. The summed E-state index contributed by atoms with van der Waals surface area (Å²) in [4.78, 5) is 23.5. The number of hydrogen-bond donors (Lipinski definition) is 2. The Kier molecular flexibility index (Phi) is 11.2. The Hall–Kier alpha value is -3.46. The zero-order chi connectivity index (χ0) is 34.5. The molecule has 1 heterocycles. The first-order valence-electron chi connectivity index (χ1n) is 13.7. The summed E-state index contributed by atoms with van der Waals surface area (Å²) in [5.74, 6) is 1.20. The van der Waals surface area contributed by atoms with Gasteiger partial charge in [0.25, 0.3) is 0 Å². The molecule has 0 aliphatic heterocycles. The molecule has 18 heteroatoms. The van der Waals surface area contributed by atoms with E-state index in [0.717, 1.165) is 6.07 Å². The Balaban J connectivity index is 1.47. The molecule has 0 fully saturated rings. The Labute approximate surface area is 282 Å². The number of aromatic nitrogens is 2. The minimum atomic E-state index is -5.78. The van der Waals surface area contributed by atoms with E-state index in [0.29, 0.717) is 43.6 Å². The van der Waals surface area contributed by atoms with E-state index in [2.05, 4.69) is 30.4 Å². The Morgan fingerprint density at radius 1 is 0.854 bits per heavy atom. The van der Waals surface area contributed by atoms with Crippen LogP contribution in [0.3, 0.4) is 0 Å². The van der Waals surface area contributed by atoms with E-state index in [1.165, 1.54) is 35.6 Å². The maximum atomic E-state index is 14.4. The topological polar surface area (TPSA) is 132 Å². The van der Waals surface area contributed by atoms with Crippen molar-refractivity contribution in [1.82, 2.24) is 9.78 Å². The molecule has 10 nitrogen and oxygen atoms in total. The third-order valence-electron chi connectivity index (χ3n) is 6.74. The molecule has 4 aromatic carbocycles. The Bertz CT molecular complexity index is 2050. The highest BCUT2D eigenvalue weighted by atomic mass is 79.9. The maximum Gasteiger partial charge on any atom is 0.399 e. The predicted molar refractivity (Wildman–Crippen MR) is 173 cm³/mol. The summed E-state index contributed by atoms with van der Waals surface area (Å²) in [7, 11) is -10.3. The second-order valence-corrected chi connectivity index (χ2v) is 15.5. The van der Waals surface area contributed by atoms with Gasteiger partial charge in [-0.05, 0) is 56.1 Å². The molecule has 0 saturated heterocycles. The lowest BCUT2D eigenvalue weighted by Gasteiger charge is -2.19. The Morgan fingerprint density at radius 2 is 1.50 bits per heavy atom. The number of benzene rings is 4. The van der Waals surface area contributed by atoms with Gasteiger partial charge >= 0.3 is 20.9 Å². The molecular formula is C30H24BrF4N3O7P2S. The van der Waals surface area contributed by atoms with Crippen LogP contribution >= 0.6 is 42.5 Å². The molecular weight excluding hydrogens is 764 g/mol. The van der Waals surface area contributed by atoms with Crippen LogP contribution in [0.4, 0.5) is 17.8 Å². The lowest BCUT2D eigenvalue weighted by atomic mass is 10.1. The third kappa shape index (κ3) is 8.57. The molecule has 0 atom stereocenters. The van der Waals surface area contributed by atoms with E-state index in [1.54, 1.807) is 35.0 Å². The predicted octanol–water partition coefficient (Wildman–Crippen LogP) is 9.04. The number of ether oxygens (including phenoxy) is 1. The van der Waals surface area contributed by atoms with E-state index in [1.807, 2.05) is 36.4 Å². The highest BCUT2D eigenvalue weighted by molar-refractivity contribution is 9.10. The lowest BCUT2D eigenvalue weighted by Crippen LogP contribution is -2.18. The van der Waals surface area contributed by atoms with Crippen LogP contribution in [0.25, 0.3) is 10.6 Å². The molecule has 2 N–H and O–H groups in total. The molecule has 5 rings (SSSR count). The van der Waals surface area contributed by atoms with Gasteiger partial charge in [-0.25, -0.2) is 4.68 Å². The van der Waals surface area contributed by atoms with Crippen LogP contribution in [-0.4, -0.2) is 19.6 Å². The minimum absolute atomic E-state index is 0.0522. The summed E-state index contributed by atoms with van der Waals surface area (Å²) in [5, 5.41) is 5.27. The van der Waals surface area contributed by atoms with E-state index >= 15 is 0 Å². The van der Waals surface area contributed by atoms with Gasteiger partial charge < -0.3 is 14.5 Å². The zero-order valence-corrected chi connectivity index (χ0v) is 28.5. The SMILES string of the molecule is O=P(Cc1ccc(CN=c2sc(-c3cccc(Oc4ccccc4)c3)nn2Cc2ccc(C(F)(F)P(=O)(O)O)c(Br)c2)cc1)(OF)OF. The lowest BCUT2D eigenvalue weighted by molar-refractivity contribution is -0.0881. The van der Waals surface area contributed by atoms with Gasteiger partial charge in [0.05, 0.1) is 19.3 Å². The van der Waals surface area contributed by atoms with Crippen LogP contribution in [0.5, 0.6) is 11.5 Å². The smallest absolute Gasteiger partial charge is 0.399 e. The van der Waals surface area contributed by atoms with Gasteiger partial charge in [0, 0.05) is 15.6 Å². The molecule has 252 valence electrons. The van der Waals surface area contributed by atoms with Gasteiger partial charge in [-0.15, -0.1) is 9.46 Å². The molecule has 48 heavy (non-hydrogen) atoms. The van der Waals surface area contributed by atoms with Gasteiger partial charge in [0.15, 0.2) is 0 Å². The zero-order valence-electron chi connectivity index (χ0n) is 24.3. The molecule has 1 aromatic heterocycles. The summed E-state index contributed by atoms with van der Waals surface area (Å²) >= 11 is 4.26. The summed E-state index contributed by atoms with van der Waals surface area (Å²) < 4.78 is 90.6. The van der Waals surface area contributed by atoms with Gasteiger partial charge in [-0.1, -0.05) is 94.0 Å². The van der Waals surface area contributed by atoms with Crippen molar-refractivity contribution < 1.29 is 50.9 Å². The summed E-state index contributed by atoms with van der Waals surface area (Å²) in [5.41, 5.74) is -3.10. The molecule has 0 saturated carbocycles. The van der Waals surface area contributed by atoms with Crippen LogP contribution in [-0.2, 0) is 43.5 Å². The van der Waals surface area contributed by atoms with Crippen molar-refractivity contribution in [3.8, 4) is 22.1 Å². The third-order valence-corrected chi connectivity index (χ3v) is 10.6. The molecule has 0 aliphatic rings. The van der Waals surface area contributed by atoms with Crippen molar-refractivity contribution in [2.24, 2.45) is 4.99 Å². The standard InChI is InChI=1S/C30H24BrF4N3O7P2S/c31-27-15-22(13-14-26(27)30(32,33)47(40,41)42)18-38-29(36-17-20-9-11-21(12-10-20)19-46(39,44-34)45-35)48-28(37-38)23-5-4-8-25(16-23)43-24-6-2-1-3-7-24/h1-16H,17-19H2,(H2,40,41,42). The van der Waals surface area contributed by atoms with Crippen molar-refractivity contribution in [2.45, 2.75) is 24.9 Å². The van der Waals surface area contributed by atoms with Crippen molar-refractivity contribution in [2.75, 3.05) is 0 Å². The summed E-state index contributed by atoms with van der Waals surface area (Å²) in [6, 6.07) is 26.2. The first-order valence-corrected chi connectivity index (χ1v) is 18.7. The number of alkyl halides is 2. The quantitative estimate of drug-likeness (QED) is 0.0893. The normalized spacial score (nSPS) is 12.8. The van der Waals surface area contributed by atoms with Gasteiger partial charge in [-0.3, -0.25) is 14.1 Å². The molecule has 0 aliphatic carbocycles. The van der Waals surface area contributed by atoms with Gasteiger partial charge in [0.2, 0.25) is 4.80 Å².